The molecule has 1 unspecified atom stereocenters. The molecule has 6 rings (SSSR count). The van der Waals surface area contributed by atoms with Gasteiger partial charge in [0.25, 0.3) is 17.5 Å². The summed E-state index contributed by atoms with van der Waals surface area (Å²) >= 11 is 0. The minimum Gasteiger partial charge on any atom is -0.491 e. The second-order valence-electron chi connectivity index (χ2n) is 23.2. The van der Waals surface area contributed by atoms with Gasteiger partial charge in [-0.05, 0) is 118 Å². The zero-order valence-corrected chi connectivity index (χ0v) is 47.3. The number of alkyl carbamates (subject to hydrolysis) is 3. The summed E-state index contributed by atoms with van der Waals surface area (Å²) in [6, 6.07) is 5.65. The maximum Gasteiger partial charge on any atom is 0.410 e. The van der Waals surface area contributed by atoms with Gasteiger partial charge < -0.3 is 69.3 Å². The minimum absolute atomic E-state index is 0.0579. The average molecular weight is 1150 g/mol. The van der Waals surface area contributed by atoms with Gasteiger partial charge in [0.15, 0.2) is 6.29 Å². The second-order valence-corrected chi connectivity index (χ2v) is 25.0. The lowest BCUT2D eigenvalue weighted by Crippen LogP contribution is -2.71. The van der Waals surface area contributed by atoms with Crippen LogP contribution in [0, 0.1) is 16.0 Å². The number of imide groups is 1. The van der Waals surface area contributed by atoms with Crippen molar-refractivity contribution in [3.63, 3.8) is 0 Å². The van der Waals surface area contributed by atoms with Crippen LogP contribution in [0.2, 0.25) is 0 Å². The number of ether oxygens (including phenoxy) is 7. The molecule has 2 fully saturated rings. The van der Waals surface area contributed by atoms with Crippen LogP contribution in [0.3, 0.4) is 0 Å². The van der Waals surface area contributed by atoms with Crippen LogP contribution in [-0.4, -0.2) is 184 Å². The third-order valence-electron chi connectivity index (χ3n) is 13.1. The standard InChI is InChI=1S/C52H73N7O20S/c1-49(2,3)77-46(65)54-33-21-20-30(25-53-45(64)73-26-28-16-18-29(19-17-28)59(69)70)75-39(33)36-34(55-47(66)78-50(4,5)6)24-35(56-80(71,72)23-22-58-42(62)31-14-12-13-15-32(31)43(58)63)40(37(36)60)76-44-38(61)41(52(10,68)27-74-44)57(11)48(67)79-51(7,8)9/h12-20,33-41,44,56,60-61,68H,21-27H2,1-11H3,(H,53,64)(H,54,65)(H,55,66)/t33-,34+,35-,36-,37+,38-,39?,40+,41-,44-,52+/m1/s1. The van der Waals surface area contributed by atoms with E-state index in [1.54, 1.807) is 74.4 Å². The number of aliphatic hydroxyl groups excluding tert-OH is 2. The van der Waals surface area contributed by atoms with Crippen molar-refractivity contribution < 1.29 is 90.6 Å². The summed E-state index contributed by atoms with van der Waals surface area (Å²) < 4.78 is 72.2. The van der Waals surface area contributed by atoms with E-state index in [0.29, 0.717) is 5.56 Å². The smallest absolute Gasteiger partial charge is 0.410 e. The van der Waals surface area contributed by atoms with Crippen LogP contribution in [-0.2, 0) is 49.8 Å². The number of aliphatic hydroxyl groups is 3. The number of sulfonamides is 1. The zero-order chi connectivity index (χ0) is 59.4. The van der Waals surface area contributed by atoms with Crippen molar-refractivity contribution in [2.24, 2.45) is 5.92 Å². The van der Waals surface area contributed by atoms with Crippen molar-refractivity contribution in [3.05, 3.63) is 87.2 Å². The topological polar surface area (TPSA) is 360 Å². The lowest BCUT2D eigenvalue weighted by molar-refractivity contribution is -0.384. The molecule has 7 N–H and O–H groups in total. The number of nitro benzene ring substituents is 1. The van der Waals surface area contributed by atoms with Crippen LogP contribution in [0.25, 0.3) is 0 Å². The molecule has 6 amide bonds. The molecule has 1 saturated carbocycles. The number of fused-ring (bicyclic) bond motifs is 1. The third-order valence-corrected chi connectivity index (χ3v) is 14.4. The van der Waals surface area contributed by atoms with E-state index in [9.17, 15) is 62.6 Å². The lowest BCUT2D eigenvalue weighted by Gasteiger charge is -2.52. The first-order valence-electron chi connectivity index (χ1n) is 25.8. The highest BCUT2D eigenvalue weighted by molar-refractivity contribution is 7.89. The molecule has 1 aliphatic carbocycles. The Morgan fingerprint density at radius 3 is 1.95 bits per heavy atom. The van der Waals surface area contributed by atoms with Gasteiger partial charge in [-0.15, -0.1) is 0 Å². The number of carbonyl (C=O) groups excluding carboxylic acids is 6. The Labute approximate surface area is 463 Å². The Morgan fingerprint density at radius 1 is 0.838 bits per heavy atom. The van der Waals surface area contributed by atoms with E-state index in [-0.39, 0.29) is 42.1 Å². The number of rotatable bonds is 16. The Hall–Kier alpha value is -6.69. The van der Waals surface area contributed by atoms with Gasteiger partial charge in [0.05, 0.1) is 59.2 Å². The average Bonchev–Trinajstić information content (AvgIpc) is 3.58. The van der Waals surface area contributed by atoms with Gasteiger partial charge in [-0.2, -0.15) is 0 Å². The summed E-state index contributed by atoms with van der Waals surface area (Å²) in [6.07, 6.45) is -11.9. The Kier molecular flexibility index (Phi) is 19.2. The zero-order valence-electron chi connectivity index (χ0n) is 46.5. The summed E-state index contributed by atoms with van der Waals surface area (Å²) in [7, 11) is -3.38. The molecule has 0 spiro atoms. The summed E-state index contributed by atoms with van der Waals surface area (Å²) in [4.78, 5) is 92.8. The van der Waals surface area contributed by atoms with Gasteiger partial charge in [0, 0.05) is 37.7 Å². The van der Waals surface area contributed by atoms with E-state index < -0.39 is 160 Å². The van der Waals surface area contributed by atoms with Crippen LogP contribution >= 0.6 is 0 Å². The van der Waals surface area contributed by atoms with Crippen LogP contribution < -0.4 is 20.7 Å². The van der Waals surface area contributed by atoms with Crippen molar-refractivity contribution in [3.8, 4) is 0 Å². The van der Waals surface area contributed by atoms with Gasteiger partial charge in [-0.1, -0.05) is 12.1 Å². The third kappa shape index (κ3) is 16.2. The van der Waals surface area contributed by atoms with Gasteiger partial charge in [0.1, 0.15) is 53.1 Å². The van der Waals surface area contributed by atoms with Gasteiger partial charge in [-0.25, -0.2) is 32.3 Å². The van der Waals surface area contributed by atoms with Gasteiger partial charge >= 0.3 is 24.4 Å². The Morgan fingerprint density at radius 2 is 1.40 bits per heavy atom. The second kappa shape index (κ2) is 24.6. The van der Waals surface area contributed by atoms with Crippen molar-refractivity contribution in [1.29, 1.82) is 0 Å². The lowest BCUT2D eigenvalue weighted by atomic mass is 9.72. The number of benzene rings is 2. The predicted octanol–water partition coefficient (Wildman–Crippen LogP) is 3.33. The molecule has 0 bridgehead atoms. The number of hydrogen-bond acceptors (Lipinski definition) is 20. The largest absolute Gasteiger partial charge is 0.491 e. The number of nitrogens with one attached hydrogen (secondary N) is 4. The van der Waals surface area contributed by atoms with E-state index in [1.807, 2.05) is 0 Å². The molecular formula is C52H73N7O20S. The summed E-state index contributed by atoms with van der Waals surface area (Å²) in [5, 5.41) is 55.8. The van der Waals surface area contributed by atoms with E-state index in [0.717, 1.165) is 9.80 Å². The molecule has 1 saturated heterocycles. The van der Waals surface area contributed by atoms with E-state index in [1.165, 1.54) is 56.4 Å². The maximum absolute atomic E-state index is 14.3. The summed E-state index contributed by atoms with van der Waals surface area (Å²) in [5.41, 5.74) is -4.66. The molecule has 0 radical (unpaired) electrons. The molecule has 2 aromatic carbocycles. The molecular weight excluding hydrogens is 1070 g/mol. The monoisotopic (exact) mass is 1150 g/mol. The molecule has 28 heteroatoms. The van der Waals surface area contributed by atoms with Crippen LogP contribution in [0.4, 0.5) is 24.9 Å². The number of likely N-dealkylation sites (N-methyl/N-ethyl adjacent to an activating group) is 1. The normalized spacial score (nSPS) is 27.1. The van der Waals surface area contributed by atoms with E-state index in [4.69, 9.17) is 33.2 Å². The number of nitrogens with zero attached hydrogens (tertiary/aromatic N) is 3. The fourth-order valence-electron chi connectivity index (χ4n) is 9.68. The molecule has 80 heavy (non-hydrogen) atoms. The minimum atomic E-state index is -4.64. The highest BCUT2D eigenvalue weighted by Gasteiger charge is 2.57. The molecule has 442 valence electrons. The first kappa shape index (κ1) is 62.5. The molecule has 27 nitrogen and oxygen atoms in total. The molecule has 3 aliphatic heterocycles. The molecule has 0 aromatic heterocycles. The van der Waals surface area contributed by atoms with E-state index >= 15 is 0 Å². The maximum atomic E-state index is 14.3. The van der Waals surface area contributed by atoms with E-state index in [2.05, 4.69) is 20.7 Å². The highest BCUT2D eigenvalue weighted by atomic mass is 32.2. The summed E-state index contributed by atoms with van der Waals surface area (Å²) in [5.74, 6) is -3.73. The number of nitro groups is 1. The Balaban J connectivity index is 1.37. The first-order valence-corrected chi connectivity index (χ1v) is 27.4. The fourth-order valence-corrected chi connectivity index (χ4v) is 10.9. The molecule has 3 heterocycles. The highest BCUT2D eigenvalue weighted by Crippen LogP contribution is 2.39. The number of non-ortho nitro benzene ring substituents is 1. The summed E-state index contributed by atoms with van der Waals surface area (Å²) in [6.45, 7) is 13.9. The fraction of sp³-hybridized carbons (Fsp3) is 0.615. The van der Waals surface area contributed by atoms with Crippen LogP contribution in [0.1, 0.15) is 108 Å². The van der Waals surface area contributed by atoms with Crippen molar-refractivity contribution >= 4 is 51.9 Å². The van der Waals surface area contributed by atoms with Gasteiger partial charge in [-0.3, -0.25) is 24.6 Å². The number of amides is 6. The quantitative estimate of drug-likeness (QED) is 0.0548. The molecule has 4 aliphatic rings. The van der Waals surface area contributed by atoms with Crippen molar-refractivity contribution in [2.75, 3.05) is 32.5 Å². The number of carbonyl (C=O) groups is 6. The number of hydrogen-bond donors (Lipinski definition) is 7. The van der Waals surface area contributed by atoms with Crippen molar-refractivity contribution in [2.45, 2.75) is 166 Å². The van der Waals surface area contributed by atoms with Crippen LogP contribution in [0.5, 0.6) is 0 Å². The molecule has 11 atom stereocenters. The molecule has 2 aromatic rings. The van der Waals surface area contributed by atoms with Gasteiger partial charge in [0.2, 0.25) is 10.0 Å². The van der Waals surface area contributed by atoms with Crippen LogP contribution in [0.15, 0.2) is 60.4 Å². The SMILES string of the molecule is CN(C(=O)OC(C)(C)C)[C@@H]1[C@@H](O)[C@@H](O[C@@H]2[C@@H](O)[C@H](C3OC(CNC(=O)OCc4ccc([N+](=O)[O-])cc4)=CC[C@H]3NC(=O)OC(C)(C)C)[C@@H](NC(=O)OC(C)(C)C)C[C@H]2NS(=O)(=O)CCN2C(=O)c3ccccc3C2=O)OC[C@]1(C)O. The first-order chi connectivity index (χ1) is 37.0. The predicted molar refractivity (Wildman–Crippen MR) is 281 cm³/mol. The Bertz CT molecular complexity index is 2740. The van der Waals surface area contributed by atoms with Crippen molar-refractivity contribution in [1.82, 2.24) is 30.5 Å².